The number of hydrogen-bond donors (Lipinski definition) is 4. The first kappa shape index (κ1) is 26.1. The second-order valence-electron chi connectivity index (χ2n) is 11.1. The number of fused-ring (bicyclic) bond motifs is 1. The molecule has 3 atom stereocenters. The molecule has 188 valence electrons. The summed E-state index contributed by atoms with van der Waals surface area (Å²) in [5, 5.41) is 18.9. The molecule has 0 spiro atoms. The van der Waals surface area contributed by atoms with Crippen molar-refractivity contribution in [3.63, 3.8) is 0 Å². The van der Waals surface area contributed by atoms with Crippen molar-refractivity contribution >= 4 is 28.6 Å². The summed E-state index contributed by atoms with van der Waals surface area (Å²) in [4.78, 5) is 41.6. The molecule has 9 heteroatoms. The van der Waals surface area contributed by atoms with Gasteiger partial charge in [-0.3, -0.25) is 14.4 Å². The number of methoxy groups -OCH3 is 1. The van der Waals surface area contributed by atoms with Crippen LogP contribution in [0.4, 0.5) is 0 Å². The summed E-state index contributed by atoms with van der Waals surface area (Å²) in [7, 11) is 1.56. The third-order valence-corrected chi connectivity index (χ3v) is 6.11. The number of nitriles is 1. The molecule has 0 bridgehead atoms. The number of H-pyrrole nitrogens is 1. The Morgan fingerprint density at radius 1 is 1.29 bits per heavy atom. The summed E-state index contributed by atoms with van der Waals surface area (Å²) in [6.45, 7) is 9.78. The Morgan fingerprint density at radius 3 is 2.57 bits per heavy atom. The first-order chi connectivity index (χ1) is 16.3. The Kier molecular flexibility index (Phi) is 7.44. The summed E-state index contributed by atoms with van der Waals surface area (Å²) in [6.07, 6.45) is 1.17. The van der Waals surface area contributed by atoms with E-state index in [1.165, 1.54) is 0 Å². The zero-order valence-electron chi connectivity index (χ0n) is 21.2. The van der Waals surface area contributed by atoms with Crippen LogP contribution < -0.4 is 20.7 Å². The molecule has 3 rings (SSSR count). The van der Waals surface area contributed by atoms with Gasteiger partial charge in [0.25, 0.3) is 5.91 Å². The number of nitrogens with one attached hydrogen (secondary N) is 4. The molecule has 2 heterocycles. The highest BCUT2D eigenvalue weighted by Gasteiger charge is 2.39. The molecular formula is C26H35N5O4. The van der Waals surface area contributed by atoms with Crippen molar-refractivity contribution in [2.24, 2.45) is 11.3 Å². The molecule has 4 N–H and O–H groups in total. The largest absolute Gasteiger partial charge is 0.496 e. The number of carbonyl (C=O) groups is 3. The lowest BCUT2D eigenvalue weighted by molar-refractivity contribution is -0.125. The van der Waals surface area contributed by atoms with Crippen LogP contribution in [0.5, 0.6) is 5.75 Å². The second-order valence-corrected chi connectivity index (χ2v) is 11.1. The first-order valence-corrected chi connectivity index (χ1v) is 11.8. The van der Waals surface area contributed by atoms with Gasteiger partial charge in [-0.1, -0.05) is 26.8 Å². The predicted molar refractivity (Wildman–Crippen MR) is 133 cm³/mol. The van der Waals surface area contributed by atoms with Crippen molar-refractivity contribution in [3.05, 3.63) is 30.0 Å². The minimum Gasteiger partial charge on any atom is -0.496 e. The number of rotatable bonds is 8. The molecule has 1 aromatic heterocycles. The van der Waals surface area contributed by atoms with E-state index >= 15 is 0 Å². The lowest BCUT2D eigenvalue weighted by Crippen LogP contribution is -2.51. The first-order valence-electron chi connectivity index (χ1n) is 11.8. The Labute approximate surface area is 206 Å². The van der Waals surface area contributed by atoms with Gasteiger partial charge in [0.1, 0.15) is 23.5 Å². The highest BCUT2D eigenvalue weighted by molar-refractivity contribution is 6.01. The fraction of sp³-hybridized carbons (Fsp3) is 0.538. The van der Waals surface area contributed by atoms with Crippen LogP contribution in [-0.4, -0.2) is 47.4 Å². The van der Waals surface area contributed by atoms with Crippen LogP contribution in [-0.2, 0) is 9.59 Å². The van der Waals surface area contributed by atoms with Crippen LogP contribution in [0, 0.1) is 22.7 Å². The standard InChI is InChI=1S/C26H35N5O4/c1-25(2,3)13-20(24(34)28-16(14-27)10-15-12-26(4,5)31-22(15)32)30-23(33)19-11-17-18(29-19)8-7-9-21(17)35-6/h7-9,11,15-16,20,29H,10,12-13H2,1-6H3,(H,28,34)(H,30,33)(H,31,32)/t15?,16-,20?/m0/s1. The van der Waals surface area contributed by atoms with Gasteiger partial charge in [0.05, 0.1) is 13.2 Å². The van der Waals surface area contributed by atoms with Crippen LogP contribution in [0.2, 0.25) is 0 Å². The van der Waals surface area contributed by atoms with E-state index in [0.717, 1.165) is 10.9 Å². The molecule has 1 aliphatic heterocycles. The fourth-order valence-electron chi connectivity index (χ4n) is 4.57. The SMILES string of the molecule is COc1cccc2[nH]c(C(=O)NC(CC(C)(C)C)C(=O)N[C@H](C#N)CC3CC(C)(C)NC3=O)cc12. The summed E-state index contributed by atoms with van der Waals surface area (Å²) >= 11 is 0. The van der Waals surface area contributed by atoms with Gasteiger partial charge in [0, 0.05) is 22.4 Å². The van der Waals surface area contributed by atoms with Gasteiger partial charge < -0.3 is 25.7 Å². The van der Waals surface area contributed by atoms with Crippen LogP contribution in [0.25, 0.3) is 10.9 Å². The van der Waals surface area contributed by atoms with Crippen molar-refractivity contribution in [3.8, 4) is 11.8 Å². The number of benzene rings is 1. The Balaban J connectivity index is 1.74. The lowest BCUT2D eigenvalue weighted by Gasteiger charge is -2.27. The summed E-state index contributed by atoms with van der Waals surface area (Å²) in [6, 6.07) is 7.55. The third kappa shape index (κ3) is 6.53. The van der Waals surface area contributed by atoms with E-state index in [4.69, 9.17) is 4.74 Å². The molecule has 0 aliphatic carbocycles. The number of carbonyl (C=O) groups excluding carboxylic acids is 3. The molecule has 2 unspecified atom stereocenters. The average molecular weight is 482 g/mol. The quantitative estimate of drug-likeness (QED) is 0.459. The third-order valence-electron chi connectivity index (χ3n) is 6.11. The van der Waals surface area contributed by atoms with Crippen molar-refractivity contribution in [2.75, 3.05) is 7.11 Å². The van der Waals surface area contributed by atoms with Crippen LogP contribution in [0.3, 0.4) is 0 Å². The maximum absolute atomic E-state index is 13.2. The van der Waals surface area contributed by atoms with Gasteiger partial charge in [-0.2, -0.15) is 5.26 Å². The van der Waals surface area contributed by atoms with E-state index in [2.05, 4.69) is 27.0 Å². The summed E-state index contributed by atoms with van der Waals surface area (Å²) in [5.74, 6) is -0.716. The minimum absolute atomic E-state index is 0.113. The van der Waals surface area contributed by atoms with E-state index in [1.54, 1.807) is 13.2 Å². The highest BCUT2D eigenvalue weighted by atomic mass is 16.5. The van der Waals surface area contributed by atoms with Gasteiger partial charge >= 0.3 is 0 Å². The van der Waals surface area contributed by atoms with Gasteiger partial charge in [0.15, 0.2) is 0 Å². The molecule has 3 amide bonds. The number of hydrogen-bond acceptors (Lipinski definition) is 5. The second kappa shape index (κ2) is 9.98. The smallest absolute Gasteiger partial charge is 0.268 e. The van der Waals surface area contributed by atoms with Crippen LogP contribution in [0.1, 0.15) is 64.4 Å². The van der Waals surface area contributed by atoms with E-state index in [-0.39, 0.29) is 29.2 Å². The molecule has 1 aliphatic rings. The van der Waals surface area contributed by atoms with Crippen LogP contribution in [0.15, 0.2) is 24.3 Å². The van der Waals surface area contributed by atoms with Gasteiger partial charge in [0.2, 0.25) is 11.8 Å². The maximum Gasteiger partial charge on any atom is 0.268 e. The van der Waals surface area contributed by atoms with Gasteiger partial charge in [-0.25, -0.2) is 0 Å². The number of aromatic nitrogens is 1. The van der Waals surface area contributed by atoms with Gasteiger partial charge in [-0.15, -0.1) is 0 Å². The Morgan fingerprint density at radius 2 is 2.00 bits per heavy atom. The van der Waals surface area contributed by atoms with E-state index in [1.807, 2.05) is 52.8 Å². The monoisotopic (exact) mass is 481 g/mol. The summed E-state index contributed by atoms with van der Waals surface area (Å²) < 4.78 is 5.36. The number of aromatic amines is 1. The van der Waals surface area contributed by atoms with Crippen LogP contribution >= 0.6 is 0 Å². The topological polar surface area (TPSA) is 136 Å². The van der Waals surface area contributed by atoms with Gasteiger partial charge in [-0.05, 0) is 56.7 Å². The number of nitrogens with zero attached hydrogens (tertiary/aromatic N) is 1. The summed E-state index contributed by atoms with van der Waals surface area (Å²) in [5.41, 5.74) is 0.444. The maximum atomic E-state index is 13.2. The average Bonchev–Trinajstić information content (AvgIpc) is 3.31. The molecule has 0 saturated carbocycles. The highest BCUT2D eigenvalue weighted by Crippen LogP contribution is 2.28. The molecule has 35 heavy (non-hydrogen) atoms. The Bertz CT molecular complexity index is 1150. The fourth-order valence-corrected chi connectivity index (χ4v) is 4.57. The predicted octanol–water partition coefficient (Wildman–Crippen LogP) is 3.02. The molecule has 1 saturated heterocycles. The number of amides is 3. The van der Waals surface area contributed by atoms with Crippen molar-refractivity contribution < 1.29 is 19.1 Å². The van der Waals surface area contributed by atoms with Crippen molar-refractivity contribution in [2.45, 2.75) is 71.5 Å². The van der Waals surface area contributed by atoms with Crippen molar-refractivity contribution in [1.82, 2.24) is 20.9 Å². The molecule has 2 aromatic rings. The molecule has 0 radical (unpaired) electrons. The number of ether oxygens (including phenoxy) is 1. The minimum atomic E-state index is -0.861. The molecular weight excluding hydrogens is 446 g/mol. The van der Waals surface area contributed by atoms with Crippen molar-refractivity contribution in [1.29, 1.82) is 5.26 Å². The lowest BCUT2D eigenvalue weighted by atomic mass is 9.87. The van der Waals surface area contributed by atoms with E-state index in [9.17, 15) is 19.6 Å². The molecule has 9 nitrogen and oxygen atoms in total. The molecule has 1 aromatic carbocycles. The Hall–Kier alpha value is -3.54. The normalized spacial score (nSPS) is 18.9. The van der Waals surface area contributed by atoms with E-state index in [0.29, 0.717) is 24.3 Å². The zero-order chi connectivity index (χ0) is 26.0. The van der Waals surface area contributed by atoms with E-state index < -0.39 is 23.9 Å². The molecule has 1 fully saturated rings. The zero-order valence-corrected chi connectivity index (χ0v) is 21.2.